The molecule has 8 nitrogen and oxygen atoms in total. The van der Waals surface area contributed by atoms with E-state index < -0.39 is 16.7 Å². The van der Waals surface area contributed by atoms with Gasteiger partial charge in [-0.2, -0.15) is 0 Å². The molecule has 2 aromatic carbocycles. The molecule has 0 spiro atoms. The van der Waals surface area contributed by atoms with Crippen molar-refractivity contribution in [2.24, 2.45) is 0 Å². The van der Waals surface area contributed by atoms with Crippen LogP contribution in [0.4, 0.5) is 5.69 Å². The smallest absolute Gasteiger partial charge is 0.269 e. The van der Waals surface area contributed by atoms with Crippen LogP contribution in [-0.4, -0.2) is 23.3 Å². The maximum absolute atomic E-state index is 12.2. The lowest BCUT2D eigenvalue weighted by Crippen LogP contribution is -2.41. The van der Waals surface area contributed by atoms with Crippen molar-refractivity contribution in [2.45, 2.75) is 58.3 Å². The third-order valence-electron chi connectivity index (χ3n) is 5.01. The fraction of sp³-hybridized carbons (Fsp3) is 0.417. The summed E-state index contributed by atoms with van der Waals surface area (Å²) in [6.07, 6.45) is 9.91. The zero-order valence-corrected chi connectivity index (χ0v) is 18.5. The van der Waals surface area contributed by atoms with Crippen molar-refractivity contribution in [3.8, 4) is 5.75 Å². The standard InChI is InChI=1S/C24H31N3O5/c1-2-3-4-5-6-7-8-9-18-32-22-16-12-20(13-17-22)24(29)26-25-23(28)19-10-14-21(15-11-19)27(30)31/h10-17H,2-9,18H2,1H3,(H,25,28)(H,26,29). The number of nitro benzene ring substituents is 1. The predicted octanol–water partition coefficient (Wildman–Crippen LogP) is 5.19. The van der Waals surface area contributed by atoms with Gasteiger partial charge in [0.1, 0.15) is 5.75 Å². The second kappa shape index (κ2) is 13.8. The number of benzene rings is 2. The van der Waals surface area contributed by atoms with Crippen LogP contribution in [0.15, 0.2) is 48.5 Å². The van der Waals surface area contributed by atoms with Crippen molar-refractivity contribution in [2.75, 3.05) is 6.61 Å². The Hall–Kier alpha value is -3.42. The van der Waals surface area contributed by atoms with Crippen LogP contribution in [0.2, 0.25) is 0 Å². The number of hydrogen-bond acceptors (Lipinski definition) is 5. The Labute approximate surface area is 188 Å². The van der Waals surface area contributed by atoms with Gasteiger partial charge in [0.25, 0.3) is 17.5 Å². The minimum Gasteiger partial charge on any atom is -0.494 e. The third kappa shape index (κ3) is 8.75. The Morgan fingerprint density at radius 3 is 1.75 bits per heavy atom. The van der Waals surface area contributed by atoms with Crippen LogP contribution in [0, 0.1) is 10.1 Å². The van der Waals surface area contributed by atoms with Crippen LogP contribution in [0.1, 0.15) is 79.0 Å². The van der Waals surface area contributed by atoms with Gasteiger partial charge in [-0.1, -0.05) is 51.9 Å². The molecular formula is C24H31N3O5. The predicted molar refractivity (Wildman–Crippen MR) is 123 cm³/mol. The van der Waals surface area contributed by atoms with Gasteiger partial charge in [-0.15, -0.1) is 0 Å². The molecule has 0 atom stereocenters. The number of nitro groups is 1. The lowest BCUT2D eigenvalue weighted by Gasteiger charge is -2.09. The highest BCUT2D eigenvalue weighted by Crippen LogP contribution is 2.14. The van der Waals surface area contributed by atoms with Crippen molar-refractivity contribution in [3.05, 3.63) is 69.8 Å². The van der Waals surface area contributed by atoms with E-state index in [-0.39, 0.29) is 11.3 Å². The lowest BCUT2D eigenvalue weighted by atomic mass is 10.1. The molecule has 0 aliphatic carbocycles. The summed E-state index contributed by atoms with van der Waals surface area (Å²) in [7, 11) is 0. The fourth-order valence-corrected chi connectivity index (χ4v) is 3.12. The van der Waals surface area contributed by atoms with Crippen molar-refractivity contribution < 1.29 is 19.2 Å². The number of unbranched alkanes of at least 4 members (excludes halogenated alkanes) is 7. The van der Waals surface area contributed by atoms with Gasteiger partial charge in [0, 0.05) is 23.3 Å². The van der Waals surface area contributed by atoms with Crippen LogP contribution in [0.5, 0.6) is 5.75 Å². The van der Waals surface area contributed by atoms with Crippen LogP contribution in [0.3, 0.4) is 0 Å². The minimum absolute atomic E-state index is 0.115. The summed E-state index contributed by atoms with van der Waals surface area (Å²) in [6, 6.07) is 11.8. The molecule has 0 fully saturated rings. The number of non-ortho nitro benzene ring substituents is 1. The van der Waals surface area contributed by atoms with E-state index in [1.165, 1.54) is 62.8 Å². The summed E-state index contributed by atoms with van der Waals surface area (Å²) in [5.41, 5.74) is 5.06. The molecule has 0 aliphatic heterocycles. The SMILES string of the molecule is CCCCCCCCCCOc1ccc(C(=O)NNC(=O)c2ccc([N+](=O)[O-])cc2)cc1. The largest absolute Gasteiger partial charge is 0.494 e. The van der Waals surface area contributed by atoms with Gasteiger partial charge >= 0.3 is 0 Å². The number of rotatable bonds is 13. The van der Waals surface area contributed by atoms with Gasteiger partial charge in [0.05, 0.1) is 11.5 Å². The van der Waals surface area contributed by atoms with Crippen LogP contribution < -0.4 is 15.6 Å². The molecule has 0 aromatic heterocycles. The van der Waals surface area contributed by atoms with E-state index in [9.17, 15) is 19.7 Å². The van der Waals surface area contributed by atoms with Gasteiger partial charge in [-0.05, 0) is 42.8 Å². The molecule has 2 N–H and O–H groups in total. The van der Waals surface area contributed by atoms with E-state index >= 15 is 0 Å². The highest BCUT2D eigenvalue weighted by Gasteiger charge is 2.11. The molecule has 32 heavy (non-hydrogen) atoms. The summed E-state index contributed by atoms with van der Waals surface area (Å²) in [4.78, 5) is 34.4. The molecular weight excluding hydrogens is 410 g/mol. The van der Waals surface area contributed by atoms with E-state index in [0.29, 0.717) is 17.9 Å². The van der Waals surface area contributed by atoms with E-state index in [1.807, 2.05) is 0 Å². The molecule has 0 saturated heterocycles. The number of ether oxygens (including phenoxy) is 1. The zero-order chi connectivity index (χ0) is 23.2. The maximum Gasteiger partial charge on any atom is 0.269 e. The van der Waals surface area contributed by atoms with Gasteiger partial charge < -0.3 is 4.74 Å². The van der Waals surface area contributed by atoms with Gasteiger partial charge in [0.2, 0.25) is 0 Å². The molecule has 0 heterocycles. The number of nitrogens with one attached hydrogen (secondary N) is 2. The van der Waals surface area contributed by atoms with Crippen molar-refractivity contribution >= 4 is 17.5 Å². The topological polar surface area (TPSA) is 111 Å². The molecule has 2 amide bonds. The highest BCUT2D eigenvalue weighted by molar-refractivity contribution is 5.99. The second-order valence-corrected chi connectivity index (χ2v) is 7.56. The third-order valence-corrected chi connectivity index (χ3v) is 5.01. The first kappa shape index (κ1) is 24.8. The first-order valence-electron chi connectivity index (χ1n) is 11.1. The van der Waals surface area contributed by atoms with Crippen LogP contribution in [0.25, 0.3) is 0 Å². The number of hydrazine groups is 1. The van der Waals surface area contributed by atoms with Gasteiger partial charge in [-0.3, -0.25) is 30.6 Å². The van der Waals surface area contributed by atoms with Crippen molar-refractivity contribution in [1.82, 2.24) is 10.9 Å². The van der Waals surface area contributed by atoms with Gasteiger partial charge in [0.15, 0.2) is 0 Å². The zero-order valence-electron chi connectivity index (χ0n) is 18.5. The Morgan fingerprint density at radius 2 is 1.25 bits per heavy atom. The minimum atomic E-state index is -0.571. The Morgan fingerprint density at radius 1 is 0.781 bits per heavy atom. The molecule has 172 valence electrons. The maximum atomic E-state index is 12.2. The fourth-order valence-electron chi connectivity index (χ4n) is 3.12. The summed E-state index contributed by atoms with van der Waals surface area (Å²) in [5.74, 6) is -0.354. The first-order valence-corrected chi connectivity index (χ1v) is 11.1. The number of hydrogen-bond donors (Lipinski definition) is 2. The number of nitrogens with zero attached hydrogens (tertiary/aromatic N) is 1. The molecule has 2 rings (SSSR count). The molecule has 0 unspecified atom stereocenters. The summed E-state index contributed by atoms with van der Waals surface area (Å²) in [6.45, 7) is 2.87. The number of carbonyl (C=O) groups is 2. The van der Waals surface area contributed by atoms with Gasteiger partial charge in [-0.25, -0.2) is 0 Å². The van der Waals surface area contributed by atoms with Crippen LogP contribution >= 0.6 is 0 Å². The summed E-state index contributed by atoms with van der Waals surface area (Å²) in [5, 5.41) is 10.7. The Kier molecular flexibility index (Phi) is 10.7. The van der Waals surface area contributed by atoms with E-state index in [4.69, 9.17) is 4.74 Å². The molecule has 0 aliphatic rings. The Balaban J connectivity index is 1.67. The summed E-state index contributed by atoms with van der Waals surface area (Å²) >= 11 is 0. The Bertz CT molecular complexity index is 866. The molecule has 2 aromatic rings. The van der Waals surface area contributed by atoms with Crippen molar-refractivity contribution in [1.29, 1.82) is 0 Å². The normalized spacial score (nSPS) is 10.4. The average Bonchev–Trinajstić information content (AvgIpc) is 2.81. The average molecular weight is 442 g/mol. The van der Waals surface area contributed by atoms with Crippen molar-refractivity contribution in [3.63, 3.8) is 0 Å². The number of amides is 2. The van der Waals surface area contributed by atoms with E-state index in [1.54, 1.807) is 24.3 Å². The highest BCUT2D eigenvalue weighted by atomic mass is 16.6. The first-order chi connectivity index (χ1) is 15.5. The summed E-state index contributed by atoms with van der Waals surface area (Å²) < 4.78 is 5.72. The second-order valence-electron chi connectivity index (χ2n) is 7.56. The molecule has 0 saturated carbocycles. The molecule has 8 heteroatoms. The van der Waals surface area contributed by atoms with Crippen LogP contribution in [-0.2, 0) is 0 Å². The quantitative estimate of drug-likeness (QED) is 0.252. The lowest BCUT2D eigenvalue weighted by molar-refractivity contribution is -0.384. The van der Waals surface area contributed by atoms with E-state index in [0.717, 1.165) is 12.8 Å². The monoisotopic (exact) mass is 441 g/mol. The van der Waals surface area contributed by atoms with E-state index in [2.05, 4.69) is 17.8 Å². The molecule has 0 bridgehead atoms. The molecule has 0 radical (unpaired) electrons. The number of carbonyl (C=O) groups excluding carboxylic acids is 2.